The number of carbonyl (C=O) groups is 3. The van der Waals surface area contributed by atoms with E-state index in [4.69, 9.17) is 5.11 Å². The van der Waals surface area contributed by atoms with Crippen LogP contribution in [0.2, 0.25) is 0 Å². The smallest absolute Gasteiger partial charge is 0.303 e. The summed E-state index contributed by atoms with van der Waals surface area (Å²) in [5, 5.41) is 21.2. The highest BCUT2D eigenvalue weighted by molar-refractivity contribution is 6.05. The lowest BCUT2D eigenvalue weighted by atomic mass is 9.86. The lowest BCUT2D eigenvalue weighted by Crippen LogP contribution is -2.22. The molecule has 2 amide bonds. The molecule has 1 saturated heterocycles. The average Bonchev–Trinajstić information content (AvgIpc) is 2.82. The normalized spacial score (nSPS) is 22.6. The SMILES string of the molecule is CCCCCC(O)CCC1C(=O)NC(=O)C1CC=CCC(C)CC(=O)O. The molecule has 4 atom stereocenters. The van der Waals surface area contributed by atoms with E-state index in [-0.39, 0.29) is 30.1 Å². The molecule has 0 radical (unpaired) electrons. The van der Waals surface area contributed by atoms with Gasteiger partial charge in [-0.15, -0.1) is 0 Å². The Morgan fingerprint density at radius 1 is 1.15 bits per heavy atom. The number of imide groups is 1. The molecule has 0 aromatic carbocycles. The summed E-state index contributed by atoms with van der Waals surface area (Å²) in [6.45, 7) is 3.98. The largest absolute Gasteiger partial charge is 0.481 e. The van der Waals surface area contributed by atoms with Crippen molar-refractivity contribution in [3.8, 4) is 0 Å². The van der Waals surface area contributed by atoms with Crippen molar-refractivity contribution in [3.05, 3.63) is 12.2 Å². The minimum atomic E-state index is -0.816. The second kappa shape index (κ2) is 11.8. The van der Waals surface area contributed by atoms with Gasteiger partial charge < -0.3 is 10.2 Å². The van der Waals surface area contributed by atoms with Crippen molar-refractivity contribution in [2.45, 2.75) is 77.7 Å². The lowest BCUT2D eigenvalue weighted by molar-refractivity contribution is -0.138. The van der Waals surface area contributed by atoms with Gasteiger partial charge in [-0.2, -0.15) is 0 Å². The molecule has 148 valence electrons. The van der Waals surface area contributed by atoms with E-state index in [0.717, 1.165) is 25.7 Å². The number of rotatable bonds is 13. The first kappa shape index (κ1) is 22.4. The molecule has 3 N–H and O–H groups in total. The second-order valence-electron chi connectivity index (χ2n) is 7.44. The van der Waals surface area contributed by atoms with E-state index >= 15 is 0 Å². The number of amides is 2. The van der Waals surface area contributed by atoms with Crippen LogP contribution in [0.5, 0.6) is 0 Å². The van der Waals surface area contributed by atoms with Crippen molar-refractivity contribution in [3.63, 3.8) is 0 Å². The molecule has 1 aliphatic heterocycles. The third kappa shape index (κ3) is 8.13. The van der Waals surface area contributed by atoms with Crippen LogP contribution in [0.15, 0.2) is 12.2 Å². The van der Waals surface area contributed by atoms with E-state index in [9.17, 15) is 19.5 Å². The summed E-state index contributed by atoms with van der Waals surface area (Å²) in [4.78, 5) is 34.7. The van der Waals surface area contributed by atoms with Gasteiger partial charge in [-0.05, 0) is 38.0 Å². The number of carboxylic acid groups (broad SMARTS) is 1. The fraction of sp³-hybridized carbons (Fsp3) is 0.750. The average molecular weight is 367 g/mol. The number of aliphatic hydroxyl groups excluding tert-OH is 1. The number of nitrogens with one attached hydrogen (secondary N) is 1. The summed E-state index contributed by atoms with van der Waals surface area (Å²) in [6, 6.07) is 0. The van der Waals surface area contributed by atoms with Crippen LogP contribution in [-0.2, 0) is 14.4 Å². The van der Waals surface area contributed by atoms with Crippen LogP contribution < -0.4 is 5.32 Å². The number of aliphatic carboxylic acids is 1. The van der Waals surface area contributed by atoms with Crippen molar-refractivity contribution >= 4 is 17.8 Å². The van der Waals surface area contributed by atoms with Crippen molar-refractivity contribution in [1.82, 2.24) is 5.32 Å². The van der Waals surface area contributed by atoms with E-state index in [0.29, 0.717) is 25.7 Å². The highest BCUT2D eigenvalue weighted by atomic mass is 16.4. The molecule has 1 fully saturated rings. The summed E-state index contributed by atoms with van der Waals surface area (Å²) in [5.74, 6) is -2.04. The molecule has 1 heterocycles. The van der Waals surface area contributed by atoms with Gasteiger partial charge in [0.05, 0.1) is 17.9 Å². The van der Waals surface area contributed by atoms with Gasteiger partial charge in [-0.25, -0.2) is 0 Å². The van der Waals surface area contributed by atoms with Gasteiger partial charge >= 0.3 is 5.97 Å². The van der Waals surface area contributed by atoms with Crippen LogP contribution in [-0.4, -0.2) is 34.1 Å². The first-order valence-electron chi connectivity index (χ1n) is 9.74. The number of allylic oxidation sites excluding steroid dienone is 2. The van der Waals surface area contributed by atoms with Crippen LogP contribution in [0.3, 0.4) is 0 Å². The summed E-state index contributed by atoms with van der Waals surface area (Å²) in [5.41, 5.74) is 0. The van der Waals surface area contributed by atoms with Gasteiger partial charge in [-0.1, -0.05) is 45.3 Å². The maximum Gasteiger partial charge on any atom is 0.303 e. The van der Waals surface area contributed by atoms with Gasteiger partial charge in [0.15, 0.2) is 0 Å². The van der Waals surface area contributed by atoms with Gasteiger partial charge in [0.1, 0.15) is 0 Å². The lowest BCUT2D eigenvalue weighted by Gasteiger charge is -2.16. The van der Waals surface area contributed by atoms with Crippen LogP contribution in [0.1, 0.15) is 71.6 Å². The van der Waals surface area contributed by atoms with E-state index < -0.39 is 18.0 Å². The molecule has 0 spiro atoms. The maximum atomic E-state index is 12.0. The van der Waals surface area contributed by atoms with Crippen molar-refractivity contribution in [1.29, 1.82) is 0 Å². The van der Waals surface area contributed by atoms with Gasteiger partial charge in [-0.3, -0.25) is 19.7 Å². The molecule has 6 nitrogen and oxygen atoms in total. The Labute approximate surface area is 156 Å². The fourth-order valence-corrected chi connectivity index (χ4v) is 3.37. The van der Waals surface area contributed by atoms with E-state index in [1.165, 1.54) is 0 Å². The van der Waals surface area contributed by atoms with Crippen molar-refractivity contribution < 1.29 is 24.6 Å². The third-order valence-electron chi connectivity index (χ3n) is 4.98. The monoisotopic (exact) mass is 367 g/mol. The Hall–Kier alpha value is -1.69. The zero-order valence-corrected chi connectivity index (χ0v) is 15.9. The number of carbonyl (C=O) groups excluding carboxylic acids is 2. The standard InChI is InChI=1S/C20H33NO5/c1-3-4-5-9-15(22)11-12-17-16(19(25)21-20(17)26)10-7-6-8-14(2)13-18(23)24/h6-7,14-17,22H,3-5,8-13H2,1-2H3,(H,23,24)(H,21,25,26). The minimum absolute atomic E-state index is 0.0388. The highest BCUT2D eigenvalue weighted by Crippen LogP contribution is 2.28. The second-order valence-corrected chi connectivity index (χ2v) is 7.44. The van der Waals surface area contributed by atoms with E-state index in [2.05, 4.69) is 12.2 Å². The summed E-state index contributed by atoms with van der Waals surface area (Å²) >= 11 is 0. The molecule has 0 aromatic heterocycles. The molecular formula is C20H33NO5. The Kier molecular flexibility index (Phi) is 10.2. The van der Waals surface area contributed by atoms with Gasteiger partial charge in [0.2, 0.25) is 11.8 Å². The Bertz CT molecular complexity index is 502. The Morgan fingerprint density at radius 2 is 1.85 bits per heavy atom. The number of hydrogen-bond donors (Lipinski definition) is 3. The molecular weight excluding hydrogens is 334 g/mol. The van der Waals surface area contributed by atoms with Crippen LogP contribution >= 0.6 is 0 Å². The van der Waals surface area contributed by atoms with Gasteiger partial charge in [0, 0.05) is 6.42 Å². The first-order chi connectivity index (χ1) is 12.3. The minimum Gasteiger partial charge on any atom is -0.481 e. The third-order valence-corrected chi connectivity index (χ3v) is 4.98. The maximum absolute atomic E-state index is 12.0. The van der Waals surface area contributed by atoms with Gasteiger partial charge in [0.25, 0.3) is 0 Å². The molecule has 1 rings (SSSR count). The highest BCUT2D eigenvalue weighted by Gasteiger charge is 2.40. The number of hydrogen-bond acceptors (Lipinski definition) is 4. The van der Waals surface area contributed by atoms with Crippen LogP contribution in [0, 0.1) is 17.8 Å². The molecule has 0 aliphatic carbocycles. The van der Waals surface area contributed by atoms with Crippen molar-refractivity contribution in [2.75, 3.05) is 0 Å². The van der Waals surface area contributed by atoms with E-state index in [1.807, 2.05) is 19.1 Å². The molecule has 1 aliphatic rings. The fourth-order valence-electron chi connectivity index (χ4n) is 3.37. The topological polar surface area (TPSA) is 104 Å². The first-order valence-corrected chi connectivity index (χ1v) is 9.74. The molecule has 6 heteroatoms. The van der Waals surface area contributed by atoms with Crippen molar-refractivity contribution in [2.24, 2.45) is 17.8 Å². The molecule has 0 aromatic rings. The van der Waals surface area contributed by atoms with E-state index in [1.54, 1.807) is 0 Å². The summed E-state index contributed by atoms with van der Waals surface area (Å²) in [6.07, 6.45) is 9.51. The number of carboxylic acids is 1. The summed E-state index contributed by atoms with van der Waals surface area (Å²) in [7, 11) is 0. The Balaban J connectivity index is 2.45. The summed E-state index contributed by atoms with van der Waals surface area (Å²) < 4.78 is 0. The molecule has 0 saturated carbocycles. The van der Waals surface area contributed by atoms with Crippen LogP contribution in [0.4, 0.5) is 0 Å². The molecule has 26 heavy (non-hydrogen) atoms. The predicted octanol–water partition coefficient (Wildman–Crippen LogP) is 3.04. The zero-order valence-electron chi connectivity index (χ0n) is 15.9. The quantitative estimate of drug-likeness (QED) is 0.264. The molecule has 4 unspecified atom stereocenters. The predicted molar refractivity (Wildman–Crippen MR) is 99.3 cm³/mol. The number of unbranched alkanes of at least 4 members (excludes halogenated alkanes) is 2. The Morgan fingerprint density at radius 3 is 2.50 bits per heavy atom. The molecule has 0 bridgehead atoms. The zero-order chi connectivity index (χ0) is 19.5. The number of aliphatic hydroxyl groups is 1. The van der Waals surface area contributed by atoms with Crippen LogP contribution in [0.25, 0.3) is 0 Å².